The Morgan fingerprint density at radius 3 is 2.44 bits per heavy atom. The molecule has 0 saturated heterocycles. The Hall–Kier alpha value is -2.65. The molecule has 1 aliphatic rings. The Kier molecular flexibility index (Phi) is 5.33. The Labute approximate surface area is 157 Å². The maximum absolute atomic E-state index is 13.2. The van der Waals surface area contributed by atoms with E-state index in [0.717, 1.165) is 0 Å². The minimum Gasteiger partial charge on any atom is -0.497 e. The highest BCUT2D eigenvalue weighted by Gasteiger charge is 2.41. The first-order valence-corrected chi connectivity index (χ1v) is 9.78. The number of ether oxygens (including phenoxy) is 2. The van der Waals surface area contributed by atoms with Crippen LogP contribution in [0.2, 0.25) is 0 Å². The van der Waals surface area contributed by atoms with Gasteiger partial charge in [0, 0.05) is 24.2 Å². The average molecular weight is 392 g/mol. The minimum absolute atomic E-state index is 0.0411. The largest absolute Gasteiger partial charge is 0.497 e. The molecule has 0 bridgehead atoms. The molecule has 0 amide bonds. The SMILES string of the molecule is COc1ccc(OC)c(CN(C2CC2)S(=O)(=O)c2ccccc2[N+](=O)[O-])c1. The van der Waals surface area contributed by atoms with Crippen LogP contribution in [0.5, 0.6) is 11.5 Å². The number of para-hydroxylation sites is 1. The van der Waals surface area contributed by atoms with Crippen LogP contribution in [0, 0.1) is 10.1 Å². The molecule has 1 saturated carbocycles. The second-order valence-electron chi connectivity index (χ2n) is 6.18. The van der Waals surface area contributed by atoms with Gasteiger partial charge in [0.2, 0.25) is 10.0 Å². The summed E-state index contributed by atoms with van der Waals surface area (Å²) in [6, 6.07) is 10.3. The lowest BCUT2D eigenvalue weighted by molar-refractivity contribution is -0.387. The fraction of sp³-hybridized carbons (Fsp3) is 0.333. The van der Waals surface area contributed by atoms with Crippen LogP contribution in [0.15, 0.2) is 47.4 Å². The number of hydrogen-bond acceptors (Lipinski definition) is 6. The van der Waals surface area contributed by atoms with Gasteiger partial charge in [-0.25, -0.2) is 8.42 Å². The molecule has 0 spiro atoms. The Morgan fingerprint density at radius 2 is 1.85 bits per heavy atom. The molecule has 27 heavy (non-hydrogen) atoms. The molecule has 8 nitrogen and oxygen atoms in total. The molecule has 9 heteroatoms. The first-order chi connectivity index (χ1) is 12.9. The van der Waals surface area contributed by atoms with Crippen molar-refractivity contribution < 1.29 is 22.8 Å². The van der Waals surface area contributed by atoms with Gasteiger partial charge in [0.1, 0.15) is 11.5 Å². The molecule has 0 heterocycles. The number of methoxy groups -OCH3 is 2. The van der Waals surface area contributed by atoms with Gasteiger partial charge >= 0.3 is 0 Å². The number of hydrogen-bond donors (Lipinski definition) is 0. The molecule has 0 aliphatic heterocycles. The monoisotopic (exact) mass is 392 g/mol. The van der Waals surface area contributed by atoms with Gasteiger partial charge in [0.15, 0.2) is 4.90 Å². The van der Waals surface area contributed by atoms with Gasteiger partial charge in [-0.1, -0.05) is 12.1 Å². The molecule has 0 N–H and O–H groups in total. The Morgan fingerprint density at radius 1 is 1.15 bits per heavy atom. The highest BCUT2D eigenvalue weighted by Crippen LogP contribution is 2.37. The zero-order valence-electron chi connectivity index (χ0n) is 15.0. The van der Waals surface area contributed by atoms with E-state index in [-0.39, 0.29) is 17.5 Å². The van der Waals surface area contributed by atoms with Crippen molar-refractivity contribution in [1.82, 2.24) is 4.31 Å². The van der Waals surface area contributed by atoms with Gasteiger partial charge in [-0.15, -0.1) is 0 Å². The molecule has 2 aromatic rings. The number of benzene rings is 2. The number of sulfonamides is 1. The van der Waals surface area contributed by atoms with E-state index in [1.54, 1.807) is 18.2 Å². The zero-order chi connectivity index (χ0) is 19.6. The predicted octanol–water partition coefficient (Wildman–Crippen LogP) is 2.97. The molecule has 0 aromatic heterocycles. The quantitative estimate of drug-likeness (QED) is 0.506. The molecular formula is C18H20N2O6S. The summed E-state index contributed by atoms with van der Waals surface area (Å²) in [5, 5.41) is 11.3. The van der Waals surface area contributed by atoms with Crippen molar-refractivity contribution in [2.45, 2.75) is 30.3 Å². The normalized spacial score (nSPS) is 14.2. The van der Waals surface area contributed by atoms with E-state index in [4.69, 9.17) is 9.47 Å². The fourth-order valence-corrected chi connectivity index (χ4v) is 4.72. The Balaban J connectivity index is 2.04. The highest BCUT2D eigenvalue weighted by molar-refractivity contribution is 7.89. The van der Waals surface area contributed by atoms with E-state index < -0.39 is 20.6 Å². The summed E-state index contributed by atoms with van der Waals surface area (Å²) < 4.78 is 38.4. The topological polar surface area (TPSA) is 99.0 Å². The number of rotatable bonds is 8. The summed E-state index contributed by atoms with van der Waals surface area (Å²) in [5.74, 6) is 1.10. The van der Waals surface area contributed by atoms with Crippen LogP contribution in [-0.2, 0) is 16.6 Å². The zero-order valence-corrected chi connectivity index (χ0v) is 15.8. The third-order valence-corrected chi connectivity index (χ3v) is 6.36. The standard InChI is InChI=1S/C18H20N2O6S/c1-25-15-9-10-17(26-2)13(11-15)12-19(14-7-8-14)27(23,24)18-6-4-3-5-16(18)20(21)22/h3-6,9-11,14H,7-8,12H2,1-2H3. The smallest absolute Gasteiger partial charge is 0.289 e. The van der Waals surface area contributed by atoms with E-state index >= 15 is 0 Å². The van der Waals surface area contributed by atoms with Crippen molar-refractivity contribution in [3.63, 3.8) is 0 Å². The van der Waals surface area contributed by atoms with Gasteiger partial charge in [0.05, 0.1) is 19.1 Å². The van der Waals surface area contributed by atoms with Crippen molar-refractivity contribution in [1.29, 1.82) is 0 Å². The first kappa shape index (κ1) is 19.1. The van der Waals surface area contributed by atoms with E-state index in [9.17, 15) is 18.5 Å². The maximum atomic E-state index is 13.2. The van der Waals surface area contributed by atoms with Crippen LogP contribution >= 0.6 is 0 Å². The van der Waals surface area contributed by atoms with Crippen LogP contribution in [-0.4, -0.2) is 37.9 Å². The van der Waals surface area contributed by atoms with Gasteiger partial charge in [-0.05, 0) is 37.1 Å². The van der Waals surface area contributed by atoms with Crippen LogP contribution < -0.4 is 9.47 Å². The van der Waals surface area contributed by atoms with Gasteiger partial charge in [0.25, 0.3) is 5.69 Å². The number of nitro groups is 1. The van der Waals surface area contributed by atoms with Crippen LogP contribution in [0.3, 0.4) is 0 Å². The molecule has 0 radical (unpaired) electrons. The summed E-state index contributed by atoms with van der Waals surface area (Å²) >= 11 is 0. The minimum atomic E-state index is -4.06. The molecule has 0 atom stereocenters. The van der Waals surface area contributed by atoms with E-state index in [2.05, 4.69) is 0 Å². The lowest BCUT2D eigenvalue weighted by Gasteiger charge is -2.23. The molecule has 3 rings (SSSR count). The highest BCUT2D eigenvalue weighted by atomic mass is 32.2. The van der Waals surface area contributed by atoms with Crippen LogP contribution in [0.4, 0.5) is 5.69 Å². The van der Waals surface area contributed by atoms with Crippen LogP contribution in [0.25, 0.3) is 0 Å². The van der Waals surface area contributed by atoms with Gasteiger partial charge in [-0.2, -0.15) is 4.31 Å². The lowest BCUT2D eigenvalue weighted by Crippen LogP contribution is -2.33. The van der Waals surface area contributed by atoms with Crippen molar-refractivity contribution in [3.05, 3.63) is 58.1 Å². The van der Waals surface area contributed by atoms with Crippen molar-refractivity contribution >= 4 is 15.7 Å². The molecular weight excluding hydrogens is 372 g/mol. The Bertz CT molecular complexity index is 956. The lowest BCUT2D eigenvalue weighted by atomic mass is 10.2. The van der Waals surface area contributed by atoms with Gasteiger partial charge in [-0.3, -0.25) is 10.1 Å². The summed E-state index contributed by atoms with van der Waals surface area (Å²) in [7, 11) is -1.04. The number of nitrogens with zero attached hydrogens (tertiary/aromatic N) is 2. The second-order valence-corrected chi connectivity index (χ2v) is 8.04. The van der Waals surface area contributed by atoms with Crippen LogP contribution in [0.1, 0.15) is 18.4 Å². The number of nitro benzene ring substituents is 1. The fourth-order valence-electron chi connectivity index (χ4n) is 2.90. The molecule has 2 aromatic carbocycles. The van der Waals surface area contributed by atoms with Crippen molar-refractivity contribution in [3.8, 4) is 11.5 Å². The first-order valence-electron chi connectivity index (χ1n) is 8.34. The van der Waals surface area contributed by atoms with E-state index in [0.29, 0.717) is 29.9 Å². The third-order valence-electron chi connectivity index (χ3n) is 4.42. The van der Waals surface area contributed by atoms with E-state index in [1.807, 2.05) is 0 Å². The maximum Gasteiger partial charge on any atom is 0.289 e. The van der Waals surface area contributed by atoms with E-state index in [1.165, 1.54) is 42.8 Å². The van der Waals surface area contributed by atoms with Crippen molar-refractivity contribution in [2.75, 3.05) is 14.2 Å². The molecule has 1 fully saturated rings. The summed E-state index contributed by atoms with van der Waals surface area (Å²) in [6.45, 7) is 0.0411. The predicted molar refractivity (Wildman–Crippen MR) is 98.4 cm³/mol. The summed E-state index contributed by atoms with van der Waals surface area (Å²) in [6.07, 6.45) is 1.43. The molecule has 144 valence electrons. The summed E-state index contributed by atoms with van der Waals surface area (Å²) in [4.78, 5) is 10.3. The molecule has 0 unspecified atom stereocenters. The van der Waals surface area contributed by atoms with Gasteiger partial charge < -0.3 is 9.47 Å². The average Bonchev–Trinajstić information content (AvgIpc) is 3.50. The molecule has 1 aliphatic carbocycles. The third kappa shape index (κ3) is 3.88. The second kappa shape index (κ2) is 7.53. The summed E-state index contributed by atoms with van der Waals surface area (Å²) in [5.41, 5.74) is 0.201. The van der Waals surface area contributed by atoms with Crippen molar-refractivity contribution in [2.24, 2.45) is 0 Å².